The van der Waals surface area contributed by atoms with Crippen LogP contribution in [0.25, 0.3) is 5.69 Å². The lowest BCUT2D eigenvalue weighted by molar-refractivity contribution is 0.0745. The predicted molar refractivity (Wildman–Crippen MR) is 121 cm³/mol. The van der Waals surface area contributed by atoms with E-state index >= 15 is 0 Å². The van der Waals surface area contributed by atoms with Crippen LogP contribution in [-0.2, 0) is 0 Å². The summed E-state index contributed by atoms with van der Waals surface area (Å²) in [6.07, 6.45) is 4.03. The fourth-order valence-corrected chi connectivity index (χ4v) is 4.41. The standard InChI is InChI=1S/C25H28N4O2/c1-18-6-3-4-9-23(18)29-24(19-10-11-19)22(17-26-29)25(30)28-14-12-27(13-15-28)20-7-5-8-21(16-20)31-2/h3-9,16-17,19H,10-15H2,1-2H3. The van der Waals surface area contributed by atoms with Crippen molar-refractivity contribution in [3.8, 4) is 11.4 Å². The Hall–Kier alpha value is -3.28. The first-order valence-corrected chi connectivity index (χ1v) is 11.0. The molecule has 1 saturated heterocycles. The Morgan fingerprint density at radius 1 is 1.03 bits per heavy atom. The van der Waals surface area contributed by atoms with Crippen molar-refractivity contribution < 1.29 is 9.53 Å². The van der Waals surface area contributed by atoms with Crippen LogP contribution in [0.15, 0.2) is 54.7 Å². The Morgan fingerprint density at radius 2 is 1.81 bits per heavy atom. The first-order valence-electron chi connectivity index (χ1n) is 11.0. The summed E-state index contributed by atoms with van der Waals surface area (Å²) in [6.45, 7) is 5.12. The lowest BCUT2D eigenvalue weighted by Crippen LogP contribution is -2.48. The summed E-state index contributed by atoms with van der Waals surface area (Å²) in [5, 5.41) is 4.65. The average molecular weight is 417 g/mol. The number of nitrogens with zero attached hydrogens (tertiary/aromatic N) is 4. The Kier molecular flexibility index (Phi) is 5.14. The van der Waals surface area contributed by atoms with Crippen LogP contribution >= 0.6 is 0 Å². The number of carbonyl (C=O) groups is 1. The van der Waals surface area contributed by atoms with E-state index in [1.54, 1.807) is 13.3 Å². The van der Waals surface area contributed by atoms with Crippen LogP contribution < -0.4 is 9.64 Å². The molecule has 2 fully saturated rings. The zero-order chi connectivity index (χ0) is 21.4. The number of para-hydroxylation sites is 1. The first kappa shape index (κ1) is 19.7. The number of anilines is 1. The van der Waals surface area contributed by atoms with Gasteiger partial charge < -0.3 is 14.5 Å². The predicted octanol–water partition coefficient (Wildman–Crippen LogP) is 4.03. The number of ether oxygens (including phenoxy) is 1. The highest BCUT2D eigenvalue weighted by molar-refractivity contribution is 5.95. The fourth-order valence-electron chi connectivity index (χ4n) is 4.41. The molecule has 1 aliphatic carbocycles. The van der Waals surface area contributed by atoms with Crippen molar-refractivity contribution in [2.45, 2.75) is 25.7 Å². The molecule has 0 radical (unpaired) electrons. The molecular weight excluding hydrogens is 388 g/mol. The van der Waals surface area contributed by atoms with E-state index in [-0.39, 0.29) is 5.91 Å². The molecule has 5 rings (SSSR count). The maximum atomic E-state index is 13.5. The van der Waals surface area contributed by atoms with E-state index in [1.165, 1.54) is 5.56 Å². The van der Waals surface area contributed by atoms with E-state index in [0.717, 1.165) is 54.3 Å². The molecule has 6 heteroatoms. The quantitative estimate of drug-likeness (QED) is 0.630. The van der Waals surface area contributed by atoms with Crippen LogP contribution in [0, 0.1) is 6.92 Å². The fraction of sp³-hybridized carbons (Fsp3) is 0.360. The molecule has 1 aromatic heterocycles. The molecule has 160 valence electrons. The van der Waals surface area contributed by atoms with Crippen LogP contribution in [0.1, 0.15) is 40.4 Å². The lowest BCUT2D eigenvalue weighted by atomic mass is 10.1. The van der Waals surface area contributed by atoms with Gasteiger partial charge in [0.2, 0.25) is 0 Å². The van der Waals surface area contributed by atoms with Gasteiger partial charge in [-0.1, -0.05) is 24.3 Å². The summed E-state index contributed by atoms with van der Waals surface area (Å²) in [6, 6.07) is 16.3. The number of amides is 1. The minimum absolute atomic E-state index is 0.104. The van der Waals surface area contributed by atoms with Crippen LogP contribution in [-0.4, -0.2) is 53.9 Å². The maximum Gasteiger partial charge on any atom is 0.257 e. The Morgan fingerprint density at radius 3 is 2.52 bits per heavy atom. The van der Waals surface area contributed by atoms with Crippen molar-refractivity contribution in [1.82, 2.24) is 14.7 Å². The van der Waals surface area contributed by atoms with Gasteiger partial charge in [0.05, 0.1) is 30.3 Å². The van der Waals surface area contributed by atoms with E-state index < -0.39 is 0 Å². The molecule has 3 aromatic rings. The van der Waals surface area contributed by atoms with E-state index in [4.69, 9.17) is 4.74 Å². The van der Waals surface area contributed by atoms with Crippen LogP contribution in [0.2, 0.25) is 0 Å². The van der Waals surface area contributed by atoms with Gasteiger partial charge in [-0.05, 0) is 43.5 Å². The average Bonchev–Trinajstić information content (AvgIpc) is 3.57. The molecule has 0 N–H and O–H groups in total. The van der Waals surface area contributed by atoms with E-state index in [2.05, 4.69) is 41.2 Å². The Labute approximate surface area is 183 Å². The number of methoxy groups -OCH3 is 1. The monoisotopic (exact) mass is 416 g/mol. The topological polar surface area (TPSA) is 50.6 Å². The van der Waals surface area contributed by atoms with Crippen molar-refractivity contribution >= 4 is 11.6 Å². The number of aromatic nitrogens is 2. The largest absolute Gasteiger partial charge is 0.497 e. The van der Waals surface area contributed by atoms with Crippen LogP contribution in [0.3, 0.4) is 0 Å². The molecule has 31 heavy (non-hydrogen) atoms. The normalized spacial score (nSPS) is 16.5. The molecule has 1 aliphatic heterocycles. The molecule has 0 atom stereocenters. The molecule has 1 amide bonds. The van der Waals surface area contributed by atoms with Gasteiger partial charge in [0, 0.05) is 43.9 Å². The summed E-state index contributed by atoms with van der Waals surface area (Å²) < 4.78 is 7.34. The molecule has 2 aliphatic rings. The molecule has 2 aromatic carbocycles. The minimum Gasteiger partial charge on any atom is -0.497 e. The van der Waals surface area contributed by atoms with Crippen molar-refractivity contribution in [2.24, 2.45) is 0 Å². The highest BCUT2D eigenvalue weighted by Crippen LogP contribution is 2.43. The minimum atomic E-state index is 0.104. The number of hydrogen-bond donors (Lipinski definition) is 0. The Bertz CT molecular complexity index is 1090. The van der Waals surface area contributed by atoms with Crippen molar-refractivity contribution in [3.63, 3.8) is 0 Å². The van der Waals surface area contributed by atoms with Gasteiger partial charge in [-0.2, -0.15) is 5.10 Å². The third-order valence-electron chi connectivity index (χ3n) is 6.33. The first-order chi connectivity index (χ1) is 15.2. The van der Waals surface area contributed by atoms with Crippen molar-refractivity contribution in [3.05, 3.63) is 71.5 Å². The second-order valence-electron chi connectivity index (χ2n) is 8.40. The van der Waals surface area contributed by atoms with Crippen molar-refractivity contribution in [2.75, 3.05) is 38.2 Å². The second kappa shape index (κ2) is 8.10. The number of aryl methyl sites for hydroxylation is 1. The third kappa shape index (κ3) is 3.78. The smallest absolute Gasteiger partial charge is 0.257 e. The van der Waals surface area contributed by atoms with Gasteiger partial charge in [-0.25, -0.2) is 4.68 Å². The van der Waals surface area contributed by atoms with Crippen LogP contribution in [0.4, 0.5) is 5.69 Å². The summed E-state index contributed by atoms with van der Waals surface area (Å²) in [5.41, 5.74) is 5.21. The van der Waals surface area contributed by atoms with E-state index in [0.29, 0.717) is 19.0 Å². The highest BCUT2D eigenvalue weighted by Gasteiger charge is 2.35. The SMILES string of the molecule is COc1cccc(N2CCN(C(=O)c3cnn(-c4ccccc4C)c3C3CC3)CC2)c1. The van der Waals surface area contributed by atoms with Gasteiger partial charge in [0.1, 0.15) is 5.75 Å². The maximum absolute atomic E-state index is 13.5. The lowest BCUT2D eigenvalue weighted by Gasteiger charge is -2.36. The van der Waals surface area contributed by atoms with Gasteiger partial charge >= 0.3 is 0 Å². The molecule has 2 heterocycles. The summed E-state index contributed by atoms with van der Waals surface area (Å²) >= 11 is 0. The third-order valence-corrected chi connectivity index (χ3v) is 6.33. The van der Waals surface area contributed by atoms with E-state index in [1.807, 2.05) is 33.8 Å². The highest BCUT2D eigenvalue weighted by atomic mass is 16.5. The summed E-state index contributed by atoms with van der Waals surface area (Å²) in [5.74, 6) is 1.39. The van der Waals surface area contributed by atoms with Crippen LogP contribution in [0.5, 0.6) is 5.75 Å². The van der Waals surface area contributed by atoms with E-state index in [9.17, 15) is 4.79 Å². The molecule has 0 bridgehead atoms. The molecular formula is C25H28N4O2. The molecule has 0 spiro atoms. The number of carbonyl (C=O) groups excluding carboxylic acids is 1. The van der Waals surface area contributed by atoms with Gasteiger partial charge in [0.25, 0.3) is 5.91 Å². The molecule has 6 nitrogen and oxygen atoms in total. The summed E-state index contributed by atoms with van der Waals surface area (Å²) in [4.78, 5) is 17.7. The number of hydrogen-bond acceptors (Lipinski definition) is 4. The second-order valence-corrected chi connectivity index (χ2v) is 8.40. The van der Waals surface area contributed by atoms with Gasteiger partial charge in [-0.3, -0.25) is 4.79 Å². The van der Waals surface area contributed by atoms with Gasteiger partial charge in [-0.15, -0.1) is 0 Å². The number of piperazine rings is 1. The summed E-state index contributed by atoms with van der Waals surface area (Å²) in [7, 11) is 1.68. The molecule has 0 unspecified atom stereocenters. The zero-order valence-electron chi connectivity index (χ0n) is 18.1. The molecule has 1 saturated carbocycles. The Balaban J connectivity index is 1.35. The number of rotatable bonds is 5. The van der Waals surface area contributed by atoms with Gasteiger partial charge in [0.15, 0.2) is 0 Å². The zero-order valence-corrected chi connectivity index (χ0v) is 18.1. The van der Waals surface area contributed by atoms with Crippen molar-refractivity contribution in [1.29, 1.82) is 0 Å². The number of benzene rings is 2.